The van der Waals surface area contributed by atoms with Crippen LogP contribution in [0.1, 0.15) is 16.4 Å². The smallest absolute Gasteiger partial charge is 0.123 e. The minimum absolute atomic E-state index is 0.111. The van der Waals surface area contributed by atoms with Crippen molar-refractivity contribution in [3.05, 3.63) is 71.2 Å². The van der Waals surface area contributed by atoms with E-state index in [2.05, 4.69) is 9.97 Å². The molecule has 1 aromatic carbocycles. The molecule has 2 heterocycles. The van der Waals surface area contributed by atoms with Crippen molar-refractivity contribution in [1.29, 1.82) is 0 Å². The fourth-order valence-corrected chi connectivity index (χ4v) is 3.25. The van der Waals surface area contributed by atoms with E-state index in [4.69, 9.17) is 5.73 Å². The SMILES string of the molecule is NCC(c1ccncc1)c1cnc(-c2ccc(F)cc2)s1. The third kappa shape index (κ3) is 2.99. The number of aromatic nitrogens is 2. The number of halogens is 1. The predicted octanol–water partition coefficient (Wildman–Crippen LogP) is 3.43. The van der Waals surface area contributed by atoms with Gasteiger partial charge in [0.25, 0.3) is 0 Å². The van der Waals surface area contributed by atoms with Crippen LogP contribution in [0.2, 0.25) is 0 Å². The average Bonchev–Trinajstić information content (AvgIpc) is 2.99. The number of rotatable bonds is 4. The van der Waals surface area contributed by atoms with Crippen molar-refractivity contribution in [3.8, 4) is 10.6 Å². The molecule has 0 aliphatic carbocycles. The fraction of sp³-hybridized carbons (Fsp3) is 0.125. The van der Waals surface area contributed by atoms with Crippen LogP contribution in [0.25, 0.3) is 10.6 Å². The Morgan fingerprint density at radius 2 is 1.81 bits per heavy atom. The van der Waals surface area contributed by atoms with Gasteiger partial charge in [0, 0.05) is 41.5 Å². The first-order chi connectivity index (χ1) is 10.3. The Morgan fingerprint density at radius 1 is 1.10 bits per heavy atom. The van der Waals surface area contributed by atoms with E-state index in [1.807, 2.05) is 18.3 Å². The Labute approximate surface area is 126 Å². The van der Waals surface area contributed by atoms with Crippen LogP contribution in [0.3, 0.4) is 0 Å². The van der Waals surface area contributed by atoms with Crippen molar-refractivity contribution in [2.75, 3.05) is 6.54 Å². The number of hydrogen-bond donors (Lipinski definition) is 1. The molecule has 106 valence electrons. The van der Waals surface area contributed by atoms with E-state index in [0.717, 1.165) is 21.0 Å². The molecule has 5 heteroatoms. The highest BCUT2D eigenvalue weighted by Gasteiger charge is 2.16. The molecular weight excluding hydrogens is 285 g/mol. The summed E-state index contributed by atoms with van der Waals surface area (Å²) in [7, 11) is 0. The van der Waals surface area contributed by atoms with E-state index >= 15 is 0 Å². The van der Waals surface area contributed by atoms with Crippen LogP contribution >= 0.6 is 11.3 Å². The second-order valence-electron chi connectivity index (χ2n) is 4.64. The third-order valence-electron chi connectivity index (χ3n) is 3.30. The summed E-state index contributed by atoms with van der Waals surface area (Å²) in [5, 5.41) is 0.873. The summed E-state index contributed by atoms with van der Waals surface area (Å²) in [5.74, 6) is -0.133. The topological polar surface area (TPSA) is 51.8 Å². The number of hydrogen-bond acceptors (Lipinski definition) is 4. The fourth-order valence-electron chi connectivity index (χ4n) is 2.19. The summed E-state index contributed by atoms with van der Waals surface area (Å²) in [5.41, 5.74) is 7.96. The summed E-state index contributed by atoms with van der Waals surface area (Å²) in [6.07, 6.45) is 5.38. The predicted molar refractivity (Wildman–Crippen MR) is 82.6 cm³/mol. The first-order valence-electron chi connectivity index (χ1n) is 6.59. The van der Waals surface area contributed by atoms with E-state index in [-0.39, 0.29) is 11.7 Å². The molecule has 0 fully saturated rings. The quantitative estimate of drug-likeness (QED) is 0.803. The summed E-state index contributed by atoms with van der Waals surface area (Å²) in [6, 6.07) is 10.3. The highest BCUT2D eigenvalue weighted by molar-refractivity contribution is 7.15. The molecule has 0 bridgehead atoms. The van der Waals surface area contributed by atoms with Gasteiger partial charge in [0.05, 0.1) is 0 Å². The van der Waals surface area contributed by atoms with Crippen LogP contribution in [0, 0.1) is 5.82 Å². The lowest BCUT2D eigenvalue weighted by atomic mass is 9.99. The average molecular weight is 299 g/mol. The second-order valence-corrected chi connectivity index (χ2v) is 5.71. The Hall–Kier alpha value is -2.11. The monoisotopic (exact) mass is 299 g/mol. The molecule has 0 saturated heterocycles. The van der Waals surface area contributed by atoms with Gasteiger partial charge in [0.1, 0.15) is 10.8 Å². The molecule has 0 amide bonds. The molecule has 1 atom stereocenters. The van der Waals surface area contributed by atoms with Gasteiger partial charge < -0.3 is 5.73 Å². The zero-order valence-corrected chi connectivity index (χ0v) is 12.1. The van der Waals surface area contributed by atoms with E-state index < -0.39 is 0 Å². The van der Waals surface area contributed by atoms with Crippen molar-refractivity contribution in [2.45, 2.75) is 5.92 Å². The first kappa shape index (κ1) is 13.9. The van der Waals surface area contributed by atoms with Crippen molar-refractivity contribution in [2.24, 2.45) is 5.73 Å². The number of pyridine rings is 1. The Morgan fingerprint density at radius 3 is 2.48 bits per heavy atom. The lowest BCUT2D eigenvalue weighted by molar-refractivity contribution is 0.628. The number of benzene rings is 1. The van der Waals surface area contributed by atoms with Crippen LogP contribution in [0.4, 0.5) is 4.39 Å². The lowest BCUT2D eigenvalue weighted by Gasteiger charge is -2.12. The van der Waals surface area contributed by atoms with Gasteiger partial charge in [-0.25, -0.2) is 9.37 Å². The highest BCUT2D eigenvalue weighted by Crippen LogP contribution is 2.32. The molecule has 21 heavy (non-hydrogen) atoms. The van der Waals surface area contributed by atoms with Gasteiger partial charge in [-0.1, -0.05) is 0 Å². The minimum Gasteiger partial charge on any atom is -0.329 e. The third-order valence-corrected chi connectivity index (χ3v) is 4.46. The maximum Gasteiger partial charge on any atom is 0.123 e. The summed E-state index contributed by atoms with van der Waals surface area (Å²) in [4.78, 5) is 9.56. The second kappa shape index (κ2) is 6.11. The molecule has 2 N–H and O–H groups in total. The van der Waals surface area contributed by atoms with E-state index in [1.165, 1.54) is 12.1 Å². The summed E-state index contributed by atoms with van der Waals surface area (Å²) >= 11 is 1.59. The standard InChI is InChI=1S/C16H14FN3S/c17-13-3-1-12(2-4-13)16-20-10-15(21-16)14(9-18)11-5-7-19-8-6-11/h1-8,10,14H,9,18H2. The molecule has 1 unspecified atom stereocenters. The van der Waals surface area contributed by atoms with Gasteiger partial charge in [-0.2, -0.15) is 0 Å². The molecule has 0 aliphatic rings. The van der Waals surface area contributed by atoms with Crippen LogP contribution < -0.4 is 5.73 Å². The van der Waals surface area contributed by atoms with E-state index in [0.29, 0.717) is 6.54 Å². The van der Waals surface area contributed by atoms with Gasteiger partial charge >= 0.3 is 0 Å². The molecular formula is C16H14FN3S. The van der Waals surface area contributed by atoms with Gasteiger partial charge in [-0.15, -0.1) is 11.3 Å². The first-order valence-corrected chi connectivity index (χ1v) is 7.41. The molecule has 0 saturated carbocycles. The van der Waals surface area contributed by atoms with Crippen LogP contribution in [-0.2, 0) is 0 Å². The number of nitrogens with two attached hydrogens (primary N) is 1. The zero-order valence-electron chi connectivity index (χ0n) is 11.2. The molecule has 3 rings (SSSR count). The molecule has 3 nitrogen and oxygen atoms in total. The Kier molecular flexibility index (Phi) is 4.03. The summed E-state index contributed by atoms with van der Waals surface area (Å²) in [6.45, 7) is 0.509. The minimum atomic E-state index is -0.243. The Bertz CT molecular complexity index is 710. The lowest BCUT2D eigenvalue weighted by Crippen LogP contribution is -2.12. The van der Waals surface area contributed by atoms with E-state index in [9.17, 15) is 4.39 Å². The molecule has 0 spiro atoms. The van der Waals surface area contributed by atoms with Crippen LogP contribution in [0.15, 0.2) is 55.0 Å². The van der Waals surface area contributed by atoms with Crippen LogP contribution in [0.5, 0.6) is 0 Å². The zero-order chi connectivity index (χ0) is 14.7. The molecule has 3 aromatic rings. The van der Waals surface area contributed by atoms with Gasteiger partial charge in [-0.3, -0.25) is 4.98 Å². The van der Waals surface area contributed by atoms with Gasteiger partial charge in [0.2, 0.25) is 0 Å². The van der Waals surface area contributed by atoms with Crippen molar-refractivity contribution >= 4 is 11.3 Å². The maximum atomic E-state index is 13.0. The van der Waals surface area contributed by atoms with E-state index in [1.54, 1.807) is 35.9 Å². The van der Waals surface area contributed by atoms with Gasteiger partial charge in [-0.05, 0) is 42.0 Å². The van der Waals surface area contributed by atoms with Crippen LogP contribution in [-0.4, -0.2) is 16.5 Å². The number of thiazole rings is 1. The maximum absolute atomic E-state index is 13.0. The molecule has 0 radical (unpaired) electrons. The normalized spacial score (nSPS) is 12.3. The highest BCUT2D eigenvalue weighted by atomic mass is 32.1. The van der Waals surface area contributed by atoms with Crippen molar-refractivity contribution < 1.29 is 4.39 Å². The molecule has 0 aliphatic heterocycles. The molecule has 2 aromatic heterocycles. The number of nitrogens with zero attached hydrogens (tertiary/aromatic N) is 2. The largest absolute Gasteiger partial charge is 0.329 e. The Balaban J connectivity index is 1.92. The van der Waals surface area contributed by atoms with Crippen molar-refractivity contribution in [3.63, 3.8) is 0 Å². The van der Waals surface area contributed by atoms with Gasteiger partial charge in [0.15, 0.2) is 0 Å². The van der Waals surface area contributed by atoms with Crippen molar-refractivity contribution in [1.82, 2.24) is 9.97 Å². The summed E-state index contributed by atoms with van der Waals surface area (Å²) < 4.78 is 13.0.